The van der Waals surface area contributed by atoms with Gasteiger partial charge in [-0.05, 0) is 53.4 Å². The summed E-state index contributed by atoms with van der Waals surface area (Å²) in [5, 5.41) is 0. The third kappa shape index (κ3) is 2.71. The van der Waals surface area contributed by atoms with Crippen molar-refractivity contribution in [2.75, 3.05) is 0 Å². The highest BCUT2D eigenvalue weighted by Gasteiger charge is 2.07. The highest BCUT2D eigenvalue weighted by atomic mass is 79.9. The first-order valence-electron chi connectivity index (χ1n) is 7.64. The van der Waals surface area contributed by atoms with Crippen LogP contribution in [0.15, 0.2) is 83.6 Å². The molecule has 0 radical (unpaired) electrons. The van der Waals surface area contributed by atoms with Gasteiger partial charge in [-0.2, -0.15) is 0 Å². The molecule has 0 saturated carbocycles. The summed E-state index contributed by atoms with van der Waals surface area (Å²) >= 11 is 3.49. The van der Waals surface area contributed by atoms with Gasteiger partial charge in [0, 0.05) is 27.9 Å². The minimum atomic E-state index is 1.10. The third-order valence-electron chi connectivity index (χ3n) is 4.19. The summed E-state index contributed by atoms with van der Waals surface area (Å²) in [6, 6.07) is 23.5. The van der Waals surface area contributed by atoms with Crippen molar-refractivity contribution in [1.29, 1.82) is 0 Å². The minimum Gasteiger partial charge on any atom is -0.323 e. The Labute approximate surface area is 144 Å². The molecule has 0 N–H and O–H groups in total. The molecule has 0 spiro atoms. The molecule has 112 valence electrons. The minimum absolute atomic E-state index is 1.10. The van der Waals surface area contributed by atoms with E-state index >= 15 is 0 Å². The second-order valence-electron chi connectivity index (χ2n) is 5.80. The Morgan fingerprint density at radius 1 is 0.739 bits per heavy atom. The molecule has 0 atom stereocenters. The predicted octanol–water partition coefficient (Wildman–Crippen LogP) is 6.34. The van der Waals surface area contributed by atoms with Crippen LogP contribution in [0.1, 0.15) is 5.56 Å². The molecule has 2 aromatic heterocycles. The number of nitrogens with zero attached hydrogens (tertiary/aromatic N) is 1. The maximum atomic E-state index is 3.49. The fourth-order valence-corrected chi connectivity index (χ4v) is 3.26. The van der Waals surface area contributed by atoms with Crippen molar-refractivity contribution >= 4 is 21.4 Å². The summed E-state index contributed by atoms with van der Waals surface area (Å²) < 4.78 is 3.31. The molecule has 2 aromatic carbocycles. The van der Waals surface area contributed by atoms with E-state index in [0.29, 0.717) is 0 Å². The van der Waals surface area contributed by atoms with Gasteiger partial charge in [0.05, 0.1) is 0 Å². The van der Waals surface area contributed by atoms with E-state index in [9.17, 15) is 0 Å². The molecule has 0 saturated heterocycles. The van der Waals surface area contributed by atoms with E-state index in [2.05, 4.69) is 106 Å². The molecule has 2 heteroatoms. The quantitative estimate of drug-likeness (QED) is 0.392. The summed E-state index contributed by atoms with van der Waals surface area (Å²) in [5.74, 6) is 0. The molecule has 1 nitrogen and oxygen atoms in total. The number of aromatic nitrogens is 1. The zero-order chi connectivity index (χ0) is 15.8. The topological polar surface area (TPSA) is 4.41 Å². The molecule has 0 aliphatic heterocycles. The molecule has 0 bridgehead atoms. The van der Waals surface area contributed by atoms with Crippen molar-refractivity contribution in [3.8, 4) is 22.3 Å². The van der Waals surface area contributed by atoms with Crippen LogP contribution in [-0.4, -0.2) is 4.40 Å². The lowest BCUT2D eigenvalue weighted by atomic mass is 10.0. The van der Waals surface area contributed by atoms with E-state index in [1.807, 2.05) is 0 Å². The summed E-state index contributed by atoms with van der Waals surface area (Å²) in [6.45, 7) is 2.17. The maximum absolute atomic E-state index is 3.49. The van der Waals surface area contributed by atoms with Crippen LogP contribution in [0, 0.1) is 6.92 Å². The smallest absolute Gasteiger partial charge is 0.0462 e. The zero-order valence-electron chi connectivity index (χ0n) is 12.8. The monoisotopic (exact) mass is 361 g/mol. The highest BCUT2D eigenvalue weighted by Crippen LogP contribution is 2.29. The molecule has 0 amide bonds. The molecule has 0 aliphatic carbocycles. The van der Waals surface area contributed by atoms with Gasteiger partial charge < -0.3 is 4.40 Å². The maximum Gasteiger partial charge on any atom is 0.0462 e. The summed E-state index contributed by atoms with van der Waals surface area (Å²) in [5.41, 5.74) is 7.52. The Hall–Kier alpha value is -2.32. The van der Waals surface area contributed by atoms with E-state index < -0.39 is 0 Å². The van der Waals surface area contributed by atoms with Crippen LogP contribution in [0.3, 0.4) is 0 Å². The van der Waals surface area contributed by atoms with Gasteiger partial charge in [-0.15, -0.1) is 0 Å². The molecular formula is C21H16BrN. The van der Waals surface area contributed by atoms with Gasteiger partial charge in [-0.25, -0.2) is 0 Å². The fraction of sp³-hybridized carbons (Fsp3) is 0.0476. The number of hydrogen-bond acceptors (Lipinski definition) is 0. The van der Waals surface area contributed by atoms with Crippen molar-refractivity contribution in [3.63, 3.8) is 0 Å². The summed E-state index contributed by atoms with van der Waals surface area (Å²) in [4.78, 5) is 0. The highest BCUT2D eigenvalue weighted by molar-refractivity contribution is 9.10. The van der Waals surface area contributed by atoms with Gasteiger partial charge in [0.1, 0.15) is 0 Å². The SMILES string of the molecule is Cc1cn2cc(-c3ccc(Br)cc3)cc2cc1-c1ccccc1. The Kier molecular flexibility index (Phi) is 3.55. The lowest BCUT2D eigenvalue weighted by Crippen LogP contribution is -1.88. The third-order valence-corrected chi connectivity index (χ3v) is 4.72. The van der Waals surface area contributed by atoms with Crippen LogP contribution < -0.4 is 0 Å². The average molecular weight is 362 g/mol. The normalized spacial score (nSPS) is 11.0. The first kappa shape index (κ1) is 14.3. The molecule has 0 unspecified atom stereocenters. The van der Waals surface area contributed by atoms with Crippen molar-refractivity contribution in [2.24, 2.45) is 0 Å². The number of aryl methyl sites for hydroxylation is 1. The fourth-order valence-electron chi connectivity index (χ4n) is 2.99. The largest absolute Gasteiger partial charge is 0.323 e. The molecule has 0 aliphatic rings. The van der Waals surface area contributed by atoms with Gasteiger partial charge >= 0.3 is 0 Å². The van der Waals surface area contributed by atoms with E-state index in [1.165, 1.54) is 33.3 Å². The number of pyridine rings is 1. The number of hydrogen-bond donors (Lipinski definition) is 0. The van der Waals surface area contributed by atoms with Gasteiger partial charge in [0.15, 0.2) is 0 Å². The Balaban J connectivity index is 1.85. The second-order valence-corrected chi connectivity index (χ2v) is 6.72. The van der Waals surface area contributed by atoms with Crippen molar-refractivity contribution in [1.82, 2.24) is 4.40 Å². The Bertz CT molecular complexity index is 966. The summed E-state index contributed by atoms with van der Waals surface area (Å²) in [6.07, 6.45) is 4.40. The number of fused-ring (bicyclic) bond motifs is 1. The summed E-state index contributed by atoms with van der Waals surface area (Å²) in [7, 11) is 0. The number of rotatable bonds is 2. The van der Waals surface area contributed by atoms with E-state index in [1.54, 1.807) is 0 Å². The first-order valence-corrected chi connectivity index (χ1v) is 8.44. The molecule has 4 rings (SSSR count). The van der Waals surface area contributed by atoms with Gasteiger partial charge in [-0.3, -0.25) is 0 Å². The molecule has 4 aromatic rings. The van der Waals surface area contributed by atoms with Crippen LogP contribution in [-0.2, 0) is 0 Å². The second kappa shape index (κ2) is 5.71. The predicted molar refractivity (Wildman–Crippen MR) is 101 cm³/mol. The number of benzene rings is 2. The van der Waals surface area contributed by atoms with Gasteiger partial charge in [0.25, 0.3) is 0 Å². The van der Waals surface area contributed by atoms with E-state index in [4.69, 9.17) is 0 Å². The molecule has 0 fully saturated rings. The first-order chi connectivity index (χ1) is 11.2. The lowest BCUT2D eigenvalue weighted by Gasteiger charge is -2.07. The van der Waals surface area contributed by atoms with Crippen molar-refractivity contribution in [3.05, 3.63) is 89.2 Å². The number of halogens is 1. The molecule has 2 heterocycles. The Morgan fingerprint density at radius 3 is 2.22 bits per heavy atom. The van der Waals surface area contributed by atoms with Crippen LogP contribution in [0.4, 0.5) is 0 Å². The van der Waals surface area contributed by atoms with Crippen LogP contribution in [0.5, 0.6) is 0 Å². The van der Waals surface area contributed by atoms with Gasteiger partial charge in [0.2, 0.25) is 0 Å². The van der Waals surface area contributed by atoms with Crippen LogP contribution in [0.2, 0.25) is 0 Å². The molecular weight excluding hydrogens is 346 g/mol. The Morgan fingerprint density at radius 2 is 1.48 bits per heavy atom. The van der Waals surface area contributed by atoms with Crippen molar-refractivity contribution in [2.45, 2.75) is 6.92 Å². The zero-order valence-corrected chi connectivity index (χ0v) is 14.4. The standard InChI is InChI=1S/C21H16BrN/c1-15-13-23-14-18(16-7-9-19(22)10-8-16)11-20(23)12-21(15)17-5-3-2-4-6-17/h2-14H,1H3. The molecule has 23 heavy (non-hydrogen) atoms. The van der Waals surface area contributed by atoms with Crippen LogP contribution in [0.25, 0.3) is 27.8 Å². The van der Waals surface area contributed by atoms with Gasteiger partial charge in [-0.1, -0.05) is 58.4 Å². The van der Waals surface area contributed by atoms with E-state index in [0.717, 1.165) is 4.47 Å². The van der Waals surface area contributed by atoms with Crippen LogP contribution >= 0.6 is 15.9 Å². The lowest BCUT2D eigenvalue weighted by molar-refractivity contribution is 1.17. The van der Waals surface area contributed by atoms with Crippen molar-refractivity contribution < 1.29 is 0 Å². The average Bonchev–Trinajstić information content (AvgIpc) is 2.98. The van der Waals surface area contributed by atoms with E-state index in [-0.39, 0.29) is 0 Å².